The number of carbonyl (C=O) groups is 1. The molecule has 4 rings (SSSR count). The van der Waals surface area contributed by atoms with Crippen molar-refractivity contribution in [3.8, 4) is 5.75 Å². The number of esters is 1. The second-order valence-corrected chi connectivity index (χ2v) is 6.70. The molecule has 3 atom stereocenters. The van der Waals surface area contributed by atoms with Gasteiger partial charge < -0.3 is 9.47 Å². The Morgan fingerprint density at radius 2 is 1.92 bits per heavy atom. The van der Waals surface area contributed by atoms with Gasteiger partial charge in [-0.05, 0) is 18.6 Å². The molecule has 2 aliphatic rings. The number of rotatable bonds is 2. The maximum atomic E-state index is 13.0. The average Bonchev–Trinajstić information content (AvgIpc) is 2.96. The molecular formula is C20H21NO4. The Labute approximate surface area is 147 Å². The third-order valence-electron chi connectivity index (χ3n) is 5.22. The summed E-state index contributed by atoms with van der Waals surface area (Å²) in [5.41, 5.74) is 2.08. The molecule has 1 saturated heterocycles. The highest BCUT2D eigenvalue weighted by molar-refractivity contribution is 5.80. The fourth-order valence-electron chi connectivity index (χ4n) is 4.02. The number of hydrogen-bond acceptors (Lipinski definition) is 5. The number of ether oxygens (including phenoxy) is 2. The highest BCUT2D eigenvalue weighted by Crippen LogP contribution is 2.59. The van der Waals surface area contributed by atoms with Crippen molar-refractivity contribution in [1.82, 2.24) is 5.06 Å². The van der Waals surface area contributed by atoms with Crippen LogP contribution in [0, 0.1) is 12.3 Å². The molecule has 0 aliphatic carbocycles. The number of hydroxylamine groups is 2. The number of benzene rings is 2. The smallest absolute Gasteiger partial charge is 0.320 e. The summed E-state index contributed by atoms with van der Waals surface area (Å²) in [5.74, 6) is 0.467. The third kappa shape index (κ3) is 2.27. The van der Waals surface area contributed by atoms with Crippen molar-refractivity contribution in [2.45, 2.75) is 19.1 Å². The van der Waals surface area contributed by atoms with Gasteiger partial charge in [0, 0.05) is 12.6 Å². The van der Waals surface area contributed by atoms with Crippen molar-refractivity contribution in [2.24, 2.45) is 5.41 Å². The van der Waals surface area contributed by atoms with Crippen LogP contribution in [0.1, 0.15) is 28.8 Å². The Morgan fingerprint density at radius 1 is 1.20 bits per heavy atom. The Balaban J connectivity index is 1.88. The number of para-hydroxylation sites is 1. The van der Waals surface area contributed by atoms with Gasteiger partial charge in [-0.1, -0.05) is 48.0 Å². The van der Waals surface area contributed by atoms with Crippen LogP contribution in [0.15, 0.2) is 48.5 Å². The molecule has 2 aromatic rings. The third-order valence-corrected chi connectivity index (χ3v) is 5.22. The molecule has 2 aliphatic heterocycles. The molecule has 5 heteroatoms. The Morgan fingerprint density at radius 3 is 2.64 bits per heavy atom. The number of hydrogen-bond donors (Lipinski definition) is 0. The zero-order valence-corrected chi connectivity index (χ0v) is 14.6. The van der Waals surface area contributed by atoms with Crippen LogP contribution in [-0.4, -0.2) is 31.8 Å². The van der Waals surface area contributed by atoms with Crippen LogP contribution in [0.3, 0.4) is 0 Å². The van der Waals surface area contributed by atoms with Crippen molar-refractivity contribution in [3.05, 3.63) is 65.2 Å². The SMILES string of the molecule is COC(=O)[C@]12COc3ccccc3[C@H]1N(C)O[C@H]2c1ccc(C)cc1. The molecule has 0 N–H and O–H groups in total. The van der Waals surface area contributed by atoms with Crippen molar-refractivity contribution < 1.29 is 19.1 Å². The van der Waals surface area contributed by atoms with Crippen LogP contribution in [0.5, 0.6) is 5.75 Å². The number of fused-ring (bicyclic) bond motifs is 3. The van der Waals surface area contributed by atoms with Gasteiger partial charge in [-0.15, -0.1) is 0 Å². The molecule has 0 spiro atoms. The first-order valence-corrected chi connectivity index (χ1v) is 8.34. The van der Waals surface area contributed by atoms with E-state index < -0.39 is 11.5 Å². The topological polar surface area (TPSA) is 48.0 Å². The molecule has 2 heterocycles. The monoisotopic (exact) mass is 339 g/mol. The molecule has 130 valence electrons. The van der Waals surface area contributed by atoms with E-state index in [2.05, 4.69) is 0 Å². The van der Waals surface area contributed by atoms with E-state index in [1.54, 1.807) is 5.06 Å². The van der Waals surface area contributed by atoms with Crippen LogP contribution in [-0.2, 0) is 14.4 Å². The van der Waals surface area contributed by atoms with Crippen LogP contribution < -0.4 is 4.74 Å². The lowest BCUT2D eigenvalue weighted by atomic mass is 9.70. The Bertz CT molecular complexity index is 804. The molecule has 5 nitrogen and oxygen atoms in total. The second-order valence-electron chi connectivity index (χ2n) is 6.70. The normalized spacial score (nSPS) is 28.0. The van der Waals surface area contributed by atoms with E-state index in [0.717, 1.165) is 22.4 Å². The van der Waals surface area contributed by atoms with Crippen LogP contribution >= 0.6 is 0 Å². The standard InChI is InChI=1S/C20H21NO4/c1-13-8-10-14(11-9-13)18-20(19(22)23-3)12-24-16-7-5-4-6-15(16)17(20)21(2)25-18/h4-11,17-18H,12H2,1-3H3/t17-,18+,20-/m1/s1. The molecule has 0 unspecified atom stereocenters. The molecule has 2 aromatic carbocycles. The summed E-state index contributed by atoms with van der Waals surface area (Å²) in [5, 5.41) is 1.77. The van der Waals surface area contributed by atoms with Crippen LogP contribution in [0.25, 0.3) is 0 Å². The first-order valence-electron chi connectivity index (χ1n) is 8.34. The summed E-state index contributed by atoms with van der Waals surface area (Å²) >= 11 is 0. The van der Waals surface area contributed by atoms with Crippen molar-refractivity contribution in [3.63, 3.8) is 0 Å². The summed E-state index contributed by atoms with van der Waals surface area (Å²) in [6, 6.07) is 15.6. The van der Waals surface area contributed by atoms with Crippen molar-refractivity contribution >= 4 is 5.97 Å². The van der Waals surface area contributed by atoms with Gasteiger partial charge in [0.2, 0.25) is 0 Å². The van der Waals surface area contributed by atoms with Gasteiger partial charge in [-0.2, -0.15) is 5.06 Å². The van der Waals surface area contributed by atoms with Crippen molar-refractivity contribution in [2.75, 3.05) is 20.8 Å². The molecule has 0 radical (unpaired) electrons. The Hall–Kier alpha value is -2.37. The van der Waals surface area contributed by atoms with E-state index in [1.807, 2.05) is 62.5 Å². The van der Waals surface area contributed by atoms with Crippen LogP contribution in [0.4, 0.5) is 0 Å². The van der Waals surface area contributed by atoms with Gasteiger partial charge in [-0.25, -0.2) is 0 Å². The number of methoxy groups -OCH3 is 1. The van der Waals surface area contributed by atoms with E-state index >= 15 is 0 Å². The summed E-state index contributed by atoms with van der Waals surface area (Å²) in [6.45, 7) is 2.24. The van der Waals surface area contributed by atoms with E-state index in [1.165, 1.54) is 7.11 Å². The lowest BCUT2D eigenvalue weighted by Gasteiger charge is -2.39. The maximum Gasteiger partial charge on any atom is 0.320 e. The zero-order chi connectivity index (χ0) is 17.6. The fourth-order valence-corrected chi connectivity index (χ4v) is 4.02. The Kier molecular flexibility index (Phi) is 3.78. The van der Waals surface area contributed by atoms with Gasteiger partial charge in [0.1, 0.15) is 18.5 Å². The minimum Gasteiger partial charge on any atom is -0.492 e. The van der Waals surface area contributed by atoms with Gasteiger partial charge >= 0.3 is 5.97 Å². The van der Waals surface area contributed by atoms with Crippen LogP contribution in [0.2, 0.25) is 0 Å². The summed E-state index contributed by atoms with van der Waals surface area (Å²) in [6.07, 6.45) is -0.469. The molecule has 0 bridgehead atoms. The van der Waals surface area contributed by atoms with E-state index in [4.69, 9.17) is 14.3 Å². The first-order chi connectivity index (χ1) is 12.1. The minimum atomic E-state index is -0.951. The largest absolute Gasteiger partial charge is 0.492 e. The number of nitrogens with zero attached hydrogens (tertiary/aromatic N) is 1. The average molecular weight is 339 g/mol. The lowest BCUT2D eigenvalue weighted by Crippen LogP contribution is -2.48. The highest BCUT2D eigenvalue weighted by atomic mass is 16.7. The summed E-state index contributed by atoms with van der Waals surface area (Å²) < 4.78 is 11.2. The van der Waals surface area contributed by atoms with E-state index in [0.29, 0.717) is 0 Å². The maximum absolute atomic E-state index is 13.0. The molecular weight excluding hydrogens is 318 g/mol. The minimum absolute atomic E-state index is 0.213. The van der Waals surface area contributed by atoms with Gasteiger partial charge in [0.05, 0.1) is 13.2 Å². The zero-order valence-electron chi connectivity index (χ0n) is 14.6. The molecule has 0 saturated carbocycles. The lowest BCUT2D eigenvalue weighted by molar-refractivity contribution is -0.163. The molecule has 0 aromatic heterocycles. The molecule has 1 fully saturated rings. The highest BCUT2D eigenvalue weighted by Gasteiger charge is 2.64. The second kappa shape index (κ2) is 5.86. The van der Waals surface area contributed by atoms with Gasteiger partial charge in [0.25, 0.3) is 0 Å². The summed E-state index contributed by atoms with van der Waals surface area (Å²) in [4.78, 5) is 19.1. The fraction of sp³-hybridized carbons (Fsp3) is 0.350. The number of aryl methyl sites for hydroxylation is 1. The molecule has 25 heavy (non-hydrogen) atoms. The molecule has 0 amide bonds. The summed E-state index contributed by atoms with van der Waals surface area (Å²) in [7, 11) is 3.28. The first kappa shape index (κ1) is 16.1. The van der Waals surface area contributed by atoms with E-state index in [9.17, 15) is 4.79 Å². The number of carbonyl (C=O) groups excluding carboxylic acids is 1. The predicted molar refractivity (Wildman–Crippen MR) is 91.9 cm³/mol. The quantitative estimate of drug-likeness (QED) is 0.787. The van der Waals surface area contributed by atoms with Gasteiger partial charge in [0.15, 0.2) is 5.41 Å². The van der Waals surface area contributed by atoms with Crippen molar-refractivity contribution in [1.29, 1.82) is 0 Å². The van der Waals surface area contributed by atoms with E-state index in [-0.39, 0.29) is 18.6 Å². The predicted octanol–water partition coefficient (Wildman–Crippen LogP) is 3.21. The van der Waals surface area contributed by atoms with Gasteiger partial charge in [-0.3, -0.25) is 9.63 Å².